The molecule has 0 aliphatic rings. The van der Waals surface area contributed by atoms with E-state index in [0.717, 1.165) is 57.1 Å². The van der Waals surface area contributed by atoms with Crippen molar-refractivity contribution in [3.63, 3.8) is 0 Å². The van der Waals surface area contributed by atoms with Gasteiger partial charge in [-0.3, -0.25) is 9.13 Å². The summed E-state index contributed by atoms with van der Waals surface area (Å²) in [5.74, 6) is 1.92. The third-order valence-electron chi connectivity index (χ3n) is 10.0. The maximum absolute atomic E-state index is 13.3. The van der Waals surface area contributed by atoms with Gasteiger partial charge in [0.05, 0.1) is 11.1 Å². The molecule has 2 heterocycles. The minimum atomic E-state index is -4.45. The molecule has 6 aromatic carbocycles. The molecular formula is C44H32F6N6Si. The summed E-state index contributed by atoms with van der Waals surface area (Å²) in [6.07, 6.45) is -8.90. The average Bonchev–Trinajstić information content (AvgIpc) is 3.87. The van der Waals surface area contributed by atoms with Gasteiger partial charge in [0, 0.05) is 33.6 Å². The van der Waals surface area contributed by atoms with Crippen molar-refractivity contribution >= 4 is 18.4 Å². The third-order valence-corrected chi connectivity index (χ3v) is 13.6. The van der Waals surface area contributed by atoms with Gasteiger partial charge in [-0.15, -0.1) is 20.4 Å². The molecule has 284 valence electrons. The topological polar surface area (TPSA) is 61.4 Å². The minimum Gasteiger partial charge on any atom is -0.275 e. The van der Waals surface area contributed by atoms with Crippen LogP contribution in [0.2, 0.25) is 13.1 Å². The highest BCUT2D eigenvalue weighted by molar-refractivity contribution is 7.00. The number of rotatable bonds is 8. The lowest BCUT2D eigenvalue weighted by molar-refractivity contribution is -0.138. The van der Waals surface area contributed by atoms with E-state index in [2.05, 4.69) is 57.8 Å². The van der Waals surface area contributed by atoms with Crippen LogP contribution in [0.3, 0.4) is 0 Å². The molecule has 2 aromatic heterocycles. The van der Waals surface area contributed by atoms with E-state index in [1.165, 1.54) is 24.3 Å². The molecule has 0 N–H and O–H groups in total. The molecule has 0 aliphatic heterocycles. The Balaban J connectivity index is 1.10. The van der Waals surface area contributed by atoms with Crippen LogP contribution in [0.5, 0.6) is 0 Å². The van der Waals surface area contributed by atoms with E-state index >= 15 is 0 Å². The fourth-order valence-electron chi connectivity index (χ4n) is 6.81. The van der Waals surface area contributed by atoms with E-state index in [0.29, 0.717) is 34.4 Å². The van der Waals surface area contributed by atoms with E-state index in [1.54, 1.807) is 0 Å². The number of nitrogens with zero attached hydrogens (tertiary/aromatic N) is 6. The molecule has 0 atom stereocenters. The lowest BCUT2D eigenvalue weighted by Gasteiger charge is -2.24. The summed E-state index contributed by atoms with van der Waals surface area (Å²) in [6, 6.07) is 44.9. The Labute approximate surface area is 324 Å². The third kappa shape index (κ3) is 7.29. The molecule has 13 heteroatoms. The van der Waals surface area contributed by atoms with Crippen molar-refractivity contribution in [3.05, 3.63) is 169 Å². The number of para-hydroxylation sites is 2. The zero-order chi connectivity index (χ0) is 40.0. The molecule has 0 unspecified atom stereocenters. The molecular weight excluding hydrogens is 755 g/mol. The molecule has 8 aromatic rings. The Bertz CT molecular complexity index is 2450. The fourth-order valence-corrected chi connectivity index (χ4v) is 9.15. The van der Waals surface area contributed by atoms with Crippen LogP contribution in [0.1, 0.15) is 11.1 Å². The summed E-state index contributed by atoms with van der Waals surface area (Å²) < 4.78 is 83.5. The van der Waals surface area contributed by atoms with Crippen LogP contribution < -0.4 is 10.4 Å². The number of aromatic nitrogens is 6. The number of halogens is 6. The summed E-state index contributed by atoms with van der Waals surface area (Å²) in [7, 11) is -2.26. The van der Waals surface area contributed by atoms with Crippen LogP contribution in [-0.4, -0.2) is 37.6 Å². The van der Waals surface area contributed by atoms with Crippen LogP contribution >= 0.6 is 0 Å². The minimum absolute atomic E-state index is 0.415. The number of alkyl halides is 6. The largest absolute Gasteiger partial charge is 0.416 e. The van der Waals surface area contributed by atoms with Crippen molar-refractivity contribution in [2.45, 2.75) is 25.4 Å². The van der Waals surface area contributed by atoms with Gasteiger partial charge >= 0.3 is 12.4 Å². The van der Waals surface area contributed by atoms with E-state index in [-0.39, 0.29) is 0 Å². The quantitative estimate of drug-likeness (QED) is 0.114. The molecule has 0 amide bonds. The van der Waals surface area contributed by atoms with E-state index in [4.69, 9.17) is 0 Å². The van der Waals surface area contributed by atoms with Gasteiger partial charge in [0.1, 0.15) is 8.07 Å². The van der Waals surface area contributed by atoms with Crippen molar-refractivity contribution in [1.82, 2.24) is 29.5 Å². The first-order valence-electron chi connectivity index (χ1n) is 17.9. The van der Waals surface area contributed by atoms with Crippen molar-refractivity contribution in [1.29, 1.82) is 0 Å². The molecule has 0 bridgehead atoms. The van der Waals surface area contributed by atoms with Gasteiger partial charge in [-0.25, -0.2) is 0 Å². The first-order valence-corrected chi connectivity index (χ1v) is 20.9. The van der Waals surface area contributed by atoms with Gasteiger partial charge in [-0.2, -0.15) is 26.3 Å². The van der Waals surface area contributed by atoms with E-state index < -0.39 is 31.6 Å². The van der Waals surface area contributed by atoms with Gasteiger partial charge in [0.2, 0.25) is 0 Å². The van der Waals surface area contributed by atoms with Gasteiger partial charge < -0.3 is 0 Å². The molecule has 0 saturated carbocycles. The maximum atomic E-state index is 13.3. The average molecular weight is 787 g/mol. The smallest absolute Gasteiger partial charge is 0.275 e. The second kappa shape index (κ2) is 14.5. The molecule has 0 fully saturated rings. The first-order chi connectivity index (χ1) is 27.3. The summed E-state index contributed by atoms with van der Waals surface area (Å²) >= 11 is 0. The fraction of sp³-hybridized carbons (Fsp3) is 0.0909. The van der Waals surface area contributed by atoms with Gasteiger partial charge in [0.15, 0.2) is 23.3 Å². The monoisotopic (exact) mass is 786 g/mol. The van der Waals surface area contributed by atoms with E-state index in [1.807, 2.05) is 94.1 Å². The lowest BCUT2D eigenvalue weighted by Crippen LogP contribution is -2.52. The molecule has 0 saturated heterocycles. The standard InChI is InChI=1S/C44H32F6N6Si/c1-57(2,37-25-17-31(18-26-37)41-53-51-39(55(41)35-9-5-3-6-10-35)29-13-21-33(22-14-29)43(45,46)47)38-27-19-32(20-28-38)42-54-52-40(56(42)36-11-7-4-8-12-36)30-15-23-34(24-16-30)44(48,49)50/h3-28H,1-2H3. The summed E-state index contributed by atoms with van der Waals surface area (Å²) in [6.45, 7) is 4.50. The highest BCUT2D eigenvalue weighted by atomic mass is 28.3. The van der Waals surface area contributed by atoms with Gasteiger partial charge in [-0.1, -0.05) is 133 Å². The Kier molecular flexibility index (Phi) is 9.48. The normalized spacial score (nSPS) is 12.2. The van der Waals surface area contributed by atoms with Crippen molar-refractivity contribution in [3.8, 4) is 56.9 Å². The predicted octanol–water partition coefficient (Wildman–Crippen LogP) is 10.4. The Morgan fingerprint density at radius 3 is 0.895 bits per heavy atom. The number of hydrogen-bond acceptors (Lipinski definition) is 4. The molecule has 0 radical (unpaired) electrons. The molecule has 57 heavy (non-hydrogen) atoms. The van der Waals surface area contributed by atoms with Crippen LogP contribution in [0.4, 0.5) is 26.3 Å². The maximum Gasteiger partial charge on any atom is 0.416 e. The summed E-state index contributed by atoms with van der Waals surface area (Å²) in [5.41, 5.74) is 2.62. The summed E-state index contributed by atoms with van der Waals surface area (Å²) in [5, 5.41) is 20.2. The predicted molar refractivity (Wildman–Crippen MR) is 211 cm³/mol. The number of benzene rings is 6. The second-order valence-electron chi connectivity index (χ2n) is 14.0. The van der Waals surface area contributed by atoms with Crippen molar-refractivity contribution < 1.29 is 26.3 Å². The Morgan fingerprint density at radius 1 is 0.368 bits per heavy atom. The zero-order valence-corrected chi connectivity index (χ0v) is 31.5. The van der Waals surface area contributed by atoms with E-state index in [9.17, 15) is 26.3 Å². The van der Waals surface area contributed by atoms with Crippen molar-refractivity contribution in [2.75, 3.05) is 0 Å². The second-order valence-corrected chi connectivity index (χ2v) is 18.4. The van der Waals surface area contributed by atoms with Crippen LogP contribution in [0.15, 0.2) is 158 Å². The molecule has 6 nitrogen and oxygen atoms in total. The molecule has 8 rings (SSSR count). The van der Waals surface area contributed by atoms with Crippen LogP contribution in [0.25, 0.3) is 56.9 Å². The van der Waals surface area contributed by atoms with Gasteiger partial charge in [0.25, 0.3) is 0 Å². The van der Waals surface area contributed by atoms with Crippen LogP contribution in [-0.2, 0) is 12.4 Å². The SMILES string of the molecule is C[Si](C)(c1ccc(-c2nnc(-c3ccc(C(F)(F)F)cc3)n2-c2ccccc2)cc1)c1ccc(-c2nnc(-c3ccc(C(F)(F)F)cc3)n2-c2ccccc2)cc1. The van der Waals surface area contributed by atoms with Gasteiger partial charge in [-0.05, 0) is 48.5 Å². The zero-order valence-electron chi connectivity index (χ0n) is 30.5. The molecule has 0 spiro atoms. The Hall–Kier alpha value is -6.60. The first kappa shape index (κ1) is 37.3. The molecule has 0 aliphatic carbocycles. The Morgan fingerprint density at radius 2 is 0.632 bits per heavy atom. The number of hydrogen-bond donors (Lipinski definition) is 0. The lowest BCUT2D eigenvalue weighted by atomic mass is 10.1. The summed E-state index contributed by atoms with van der Waals surface area (Å²) in [4.78, 5) is 0. The van der Waals surface area contributed by atoms with Crippen LogP contribution in [0, 0.1) is 0 Å². The highest BCUT2D eigenvalue weighted by Gasteiger charge is 2.32. The van der Waals surface area contributed by atoms with Crippen molar-refractivity contribution in [2.24, 2.45) is 0 Å². The highest BCUT2D eigenvalue weighted by Crippen LogP contribution is 2.35.